The molecule has 0 saturated heterocycles. The zero-order valence-corrected chi connectivity index (χ0v) is 10.2. The van der Waals surface area contributed by atoms with Crippen LogP contribution in [0.3, 0.4) is 0 Å². The van der Waals surface area contributed by atoms with Gasteiger partial charge in [-0.3, -0.25) is 0 Å². The number of aryl methyl sites for hydroxylation is 1. The summed E-state index contributed by atoms with van der Waals surface area (Å²) in [7, 11) is 0. The number of benzene rings is 1. The van der Waals surface area contributed by atoms with Gasteiger partial charge in [0, 0.05) is 21.8 Å². The largest absolute Gasteiger partial charge is 0.380 e. The van der Waals surface area contributed by atoms with Crippen LogP contribution in [0.4, 0.5) is 10.1 Å². The van der Waals surface area contributed by atoms with Crippen molar-refractivity contribution >= 4 is 28.6 Å². The molecule has 16 heavy (non-hydrogen) atoms. The minimum Gasteiger partial charge on any atom is -0.380 e. The van der Waals surface area contributed by atoms with Crippen LogP contribution < -0.4 is 5.32 Å². The molecule has 0 bridgehead atoms. The summed E-state index contributed by atoms with van der Waals surface area (Å²) >= 11 is 7.36. The lowest BCUT2D eigenvalue weighted by Gasteiger charge is -2.05. The highest BCUT2D eigenvalue weighted by molar-refractivity contribution is 7.11. The van der Waals surface area contributed by atoms with Crippen LogP contribution >= 0.6 is 22.9 Å². The molecule has 0 fully saturated rings. The summed E-state index contributed by atoms with van der Waals surface area (Å²) in [5.74, 6) is -0.338. The Bertz CT molecular complexity index is 478. The van der Waals surface area contributed by atoms with E-state index in [1.54, 1.807) is 17.4 Å². The second-order valence-electron chi connectivity index (χ2n) is 3.36. The number of halogens is 2. The number of rotatable bonds is 3. The monoisotopic (exact) mass is 256 g/mol. The van der Waals surface area contributed by atoms with Gasteiger partial charge in [-0.05, 0) is 25.1 Å². The number of anilines is 1. The van der Waals surface area contributed by atoms with E-state index in [1.807, 2.05) is 13.1 Å². The third kappa shape index (κ3) is 2.93. The van der Waals surface area contributed by atoms with Crippen LogP contribution in [0.2, 0.25) is 5.02 Å². The fourth-order valence-corrected chi connectivity index (χ4v) is 2.29. The molecule has 1 N–H and O–H groups in total. The molecule has 0 aliphatic heterocycles. The van der Waals surface area contributed by atoms with E-state index < -0.39 is 0 Å². The Morgan fingerprint density at radius 3 is 2.88 bits per heavy atom. The van der Waals surface area contributed by atoms with Crippen molar-refractivity contribution in [2.24, 2.45) is 0 Å². The number of aromatic nitrogens is 1. The van der Waals surface area contributed by atoms with Crippen LogP contribution in [0.15, 0.2) is 24.4 Å². The van der Waals surface area contributed by atoms with E-state index in [1.165, 1.54) is 12.1 Å². The first-order valence-corrected chi connectivity index (χ1v) is 5.94. The molecule has 0 atom stereocenters. The Labute approximate surface area is 102 Å². The quantitative estimate of drug-likeness (QED) is 0.902. The average molecular weight is 257 g/mol. The first-order valence-electron chi connectivity index (χ1n) is 4.75. The number of hydrogen-bond donors (Lipinski definition) is 1. The van der Waals surface area contributed by atoms with Crippen LogP contribution in [-0.4, -0.2) is 4.98 Å². The third-order valence-corrected chi connectivity index (χ3v) is 3.13. The topological polar surface area (TPSA) is 24.9 Å². The lowest BCUT2D eigenvalue weighted by atomic mass is 10.3. The van der Waals surface area contributed by atoms with Gasteiger partial charge >= 0.3 is 0 Å². The Hall–Kier alpha value is -1.13. The molecule has 84 valence electrons. The van der Waals surface area contributed by atoms with Crippen LogP contribution in [0.5, 0.6) is 0 Å². The fourth-order valence-electron chi connectivity index (χ4n) is 1.33. The van der Waals surface area contributed by atoms with Crippen molar-refractivity contribution in [2.75, 3.05) is 5.32 Å². The van der Waals surface area contributed by atoms with Gasteiger partial charge in [-0.25, -0.2) is 9.37 Å². The molecule has 0 radical (unpaired) electrons. The second-order valence-corrected chi connectivity index (χ2v) is 5.11. The average Bonchev–Trinajstić information content (AvgIpc) is 2.60. The molecule has 0 saturated carbocycles. The van der Waals surface area contributed by atoms with E-state index >= 15 is 0 Å². The Balaban J connectivity index is 2.04. The number of hydrogen-bond acceptors (Lipinski definition) is 3. The van der Waals surface area contributed by atoms with Gasteiger partial charge in [0.25, 0.3) is 0 Å². The van der Waals surface area contributed by atoms with Gasteiger partial charge in [-0.1, -0.05) is 11.6 Å². The first-order chi connectivity index (χ1) is 7.63. The van der Waals surface area contributed by atoms with Gasteiger partial charge in [0.15, 0.2) is 0 Å². The number of thiazole rings is 1. The Morgan fingerprint density at radius 1 is 1.44 bits per heavy atom. The molecular weight excluding hydrogens is 247 g/mol. The number of nitrogens with zero attached hydrogens (tertiary/aromatic N) is 1. The van der Waals surface area contributed by atoms with Gasteiger partial charge in [-0.15, -0.1) is 11.3 Å². The van der Waals surface area contributed by atoms with Gasteiger partial charge < -0.3 is 5.32 Å². The summed E-state index contributed by atoms with van der Waals surface area (Å²) in [6.45, 7) is 2.58. The minimum absolute atomic E-state index is 0.338. The molecule has 5 heteroatoms. The molecule has 0 amide bonds. The predicted molar refractivity (Wildman–Crippen MR) is 65.6 cm³/mol. The van der Waals surface area contributed by atoms with Crippen molar-refractivity contribution < 1.29 is 4.39 Å². The van der Waals surface area contributed by atoms with Crippen LogP contribution in [0, 0.1) is 12.7 Å². The van der Waals surface area contributed by atoms with Crippen molar-refractivity contribution in [1.82, 2.24) is 4.98 Å². The van der Waals surface area contributed by atoms with E-state index in [4.69, 9.17) is 11.6 Å². The molecule has 0 spiro atoms. The highest BCUT2D eigenvalue weighted by atomic mass is 35.5. The zero-order chi connectivity index (χ0) is 11.5. The standard InChI is InChI=1S/C11H10ClFN2S/c1-7-14-5-11(16-7)6-15-10-3-8(12)2-9(13)4-10/h2-5,15H,6H2,1H3. The summed E-state index contributed by atoms with van der Waals surface area (Å²) in [6, 6.07) is 4.39. The van der Waals surface area contributed by atoms with Gasteiger partial charge in [-0.2, -0.15) is 0 Å². The summed E-state index contributed by atoms with van der Waals surface area (Å²) in [5, 5.41) is 4.52. The molecule has 1 heterocycles. The maximum atomic E-state index is 13.0. The summed E-state index contributed by atoms with van der Waals surface area (Å²) in [6.07, 6.45) is 1.81. The molecule has 0 aliphatic rings. The lowest BCUT2D eigenvalue weighted by Crippen LogP contribution is -1.97. The van der Waals surface area contributed by atoms with E-state index in [-0.39, 0.29) is 5.82 Å². The third-order valence-electron chi connectivity index (χ3n) is 2.00. The van der Waals surface area contributed by atoms with Gasteiger partial charge in [0.05, 0.1) is 11.6 Å². The highest BCUT2D eigenvalue weighted by Gasteiger charge is 2.01. The molecule has 0 aliphatic carbocycles. The van der Waals surface area contributed by atoms with E-state index in [0.717, 1.165) is 9.88 Å². The molecule has 1 aromatic heterocycles. The van der Waals surface area contributed by atoms with Gasteiger partial charge in [0.1, 0.15) is 5.82 Å². The first kappa shape index (κ1) is 11.4. The van der Waals surface area contributed by atoms with Crippen molar-refractivity contribution in [3.8, 4) is 0 Å². The highest BCUT2D eigenvalue weighted by Crippen LogP contribution is 2.19. The summed E-state index contributed by atoms with van der Waals surface area (Å²) < 4.78 is 13.0. The van der Waals surface area contributed by atoms with Gasteiger partial charge in [0.2, 0.25) is 0 Å². The molecule has 2 nitrogen and oxygen atoms in total. The SMILES string of the molecule is Cc1ncc(CNc2cc(F)cc(Cl)c2)s1. The van der Waals surface area contributed by atoms with Crippen molar-refractivity contribution in [3.05, 3.63) is 45.1 Å². The van der Waals surface area contributed by atoms with Crippen molar-refractivity contribution in [2.45, 2.75) is 13.5 Å². The summed E-state index contributed by atoms with van der Waals surface area (Å²) in [5.41, 5.74) is 0.677. The van der Waals surface area contributed by atoms with Crippen LogP contribution in [0.25, 0.3) is 0 Å². The second kappa shape index (κ2) is 4.80. The predicted octanol–water partition coefficient (Wildman–Crippen LogP) is 3.86. The van der Waals surface area contributed by atoms with Crippen molar-refractivity contribution in [1.29, 1.82) is 0 Å². The molecule has 2 rings (SSSR count). The Morgan fingerprint density at radius 2 is 2.25 bits per heavy atom. The molecule has 1 aromatic carbocycles. The molecule has 0 unspecified atom stereocenters. The molecule has 2 aromatic rings. The Kier molecular flexibility index (Phi) is 3.41. The molecular formula is C11H10ClFN2S. The van der Waals surface area contributed by atoms with Crippen molar-refractivity contribution in [3.63, 3.8) is 0 Å². The van der Waals surface area contributed by atoms with E-state index in [2.05, 4.69) is 10.3 Å². The van der Waals surface area contributed by atoms with E-state index in [9.17, 15) is 4.39 Å². The maximum absolute atomic E-state index is 13.0. The number of nitrogens with one attached hydrogen (secondary N) is 1. The fraction of sp³-hybridized carbons (Fsp3) is 0.182. The van der Waals surface area contributed by atoms with E-state index in [0.29, 0.717) is 17.3 Å². The maximum Gasteiger partial charge on any atom is 0.126 e. The normalized spacial score (nSPS) is 10.4. The zero-order valence-electron chi connectivity index (χ0n) is 8.63. The van der Waals surface area contributed by atoms with Crippen LogP contribution in [-0.2, 0) is 6.54 Å². The minimum atomic E-state index is -0.338. The smallest absolute Gasteiger partial charge is 0.126 e. The van der Waals surface area contributed by atoms with Crippen LogP contribution in [0.1, 0.15) is 9.88 Å². The summed E-state index contributed by atoms with van der Waals surface area (Å²) in [4.78, 5) is 5.25. The lowest BCUT2D eigenvalue weighted by molar-refractivity contribution is 0.628.